The summed E-state index contributed by atoms with van der Waals surface area (Å²) in [5, 5.41) is 12.1. The van der Waals surface area contributed by atoms with Crippen LogP contribution in [0.2, 0.25) is 0 Å². The second-order valence-corrected chi connectivity index (χ2v) is 6.91. The average molecular weight is 452 g/mol. The zero-order valence-electron chi connectivity index (χ0n) is 16.8. The Morgan fingerprint density at radius 3 is 2.48 bits per heavy atom. The normalized spacial score (nSPS) is 10.8. The summed E-state index contributed by atoms with van der Waals surface area (Å²) in [5.74, 6) is -2.72. The first-order chi connectivity index (χ1) is 15.8. The fraction of sp³-hybridized carbons (Fsp3) is 0.0952. The number of nitrogens with zero attached hydrogens (tertiary/aromatic N) is 5. The minimum Gasteiger partial charge on any atom is -0.382 e. The largest absolute Gasteiger partial charge is 0.382 e. The van der Waals surface area contributed by atoms with Crippen LogP contribution < -0.4 is 22.3 Å². The van der Waals surface area contributed by atoms with Crippen molar-refractivity contribution in [3.63, 3.8) is 0 Å². The molecule has 0 bridgehead atoms. The van der Waals surface area contributed by atoms with E-state index in [0.29, 0.717) is 6.07 Å². The number of benzene rings is 2. The lowest BCUT2D eigenvalue weighted by molar-refractivity contribution is 0.580. The van der Waals surface area contributed by atoms with Gasteiger partial charge in [-0.25, -0.2) is 18.2 Å². The van der Waals surface area contributed by atoms with Gasteiger partial charge in [0.2, 0.25) is 5.95 Å². The van der Waals surface area contributed by atoms with Crippen molar-refractivity contribution < 1.29 is 13.2 Å². The Hall–Kier alpha value is -4.66. The molecule has 33 heavy (non-hydrogen) atoms. The van der Waals surface area contributed by atoms with Crippen LogP contribution in [0.4, 0.5) is 30.8 Å². The maximum absolute atomic E-state index is 14.4. The van der Waals surface area contributed by atoms with Crippen LogP contribution in [0.5, 0.6) is 0 Å². The molecular formula is C21H15F3N8O. The molecule has 0 saturated carbocycles. The van der Waals surface area contributed by atoms with E-state index < -0.39 is 23.0 Å². The Labute approximate surface area is 184 Å². The predicted octanol–water partition coefficient (Wildman–Crippen LogP) is 2.28. The van der Waals surface area contributed by atoms with Crippen molar-refractivity contribution in [3.8, 4) is 11.8 Å². The number of nitrogens with two attached hydrogens (primary N) is 2. The molecule has 9 nitrogen and oxygen atoms in total. The molecule has 12 heteroatoms. The molecule has 0 aliphatic heterocycles. The summed E-state index contributed by atoms with van der Waals surface area (Å²) in [6, 6.07) is 8.31. The van der Waals surface area contributed by atoms with E-state index in [1.807, 2.05) is 6.07 Å². The average Bonchev–Trinajstić information content (AvgIpc) is 2.73. The third-order valence-electron chi connectivity index (χ3n) is 4.73. The molecule has 2 heterocycles. The third kappa shape index (κ3) is 4.11. The molecule has 0 atom stereocenters. The van der Waals surface area contributed by atoms with Gasteiger partial charge in [0.05, 0.1) is 11.1 Å². The second kappa shape index (κ2) is 8.46. The van der Waals surface area contributed by atoms with Gasteiger partial charge in [-0.15, -0.1) is 0 Å². The van der Waals surface area contributed by atoms with Gasteiger partial charge in [-0.1, -0.05) is 6.07 Å². The molecule has 2 aromatic carbocycles. The molecule has 0 aliphatic carbocycles. The van der Waals surface area contributed by atoms with Gasteiger partial charge in [-0.3, -0.25) is 9.36 Å². The van der Waals surface area contributed by atoms with E-state index in [1.165, 1.54) is 12.1 Å². The number of para-hydroxylation sites is 1. The van der Waals surface area contributed by atoms with E-state index >= 15 is 0 Å². The van der Waals surface area contributed by atoms with Crippen LogP contribution >= 0.6 is 0 Å². The summed E-state index contributed by atoms with van der Waals surface area (Å²) in [4.78, 5) is 25.0. The van der Waals surface area contributed by atoms with Crippen molar-refractivity contribution in [1.82, 2.24) is 19.5 Å². The standard InChI is InChI=1S/C21H15F3N8O/c22-10-6-11(23)8-12(7-10)32-16(29-17-13(20(32)33)2-1-3-15(17)24)4-5-28-19-14(9-25)18(26)30-21(27)31-19/h1-3,6-8H,4-5H2,(H5,26,27,28,30,31). The number of fused-ring (bicyclic) bond motifs is 1. The number of hydrogen-bond acceptors (Lipinski definition) is 8. The summed E-state index contributed by atoms with van der Waals surface area (Å²) < 4.78 is 43.1. The molecule has 5 N–H and O–H groups in total. The van der Waals surface area contributed by atoms with Crippen molar-refractivity contribution in [2.24, 2.45) is 0 Å². The van der Waals surface area contributed by atoms with Gasteiger partial charge in [-0.2, -0.15) is 15.2 Å². The van der Waals surface area contributed by atoms with Crippen LogP contribution in [0.3, 0.4) is 0 Å². The van der Waals surface area contributed by atoms with E-state index in [-0.39, 0.29) is 58.5 Å². The van der Waals surface area contributed by atoms with Crippen molar-refractivity contribution in [1.29, 1.82) is 5.26 Å². The molecule has 0 fully saturated rings. The monoisotopic (exact) mass is 452 g/mol. The minimum absolute atomic E-state index is 0.0172. The highest BCUT2D eigenvalue weighted by molar-refractivity contribution is 5.78. The van der Waals surface area contributed by atoms with Gasteiger partial charge >= 0.3 is 0 Å². The summed E-state index contributed by atoms with van der Waals surface area (Å²) in [7, 11) is 0. The van der Waals surface area contributed by atoms with E-state index in [2.05, 4.69) is 20.3 Å². The fourth-order valence-corrected chi connectivity index (χ4v) is 3.35. The Kier molecular flexibility index (Phi) is 5.53. The lowest BCUT2D eigenvalue weighted by Gasteiger charge is -2.15. The van der Waals surface area contributed by atoms with Gasteiger partial charge < -0.3 is 16.8 Å². The summed E-state index contributed by atoms with van der Waals surface area (Å²) >= 11 is 0. The molecule has 0 unspecified atom stereocenters. The van der Waals surface area contributed by atoms with Crippen LogP contribution in [-0.4, -0.2) is 26.1 Å². The Bertz CT molecular complexity index is 1480. The fourth-order valence-electron chi connectivity index (χ4n) is 3.35. The number of nitriles is 1. The minimum atomic E-state index is -0.897. The third-order valence-corrected chi connectivity index (χ3v) is 4.73. The van der Waals surface area contributed by atoms with E-state index in [1.54, 1.807) is 0 Å². The van der Waals surface area contributed by atoms with Crippen LogP contribution in [0.1, 0.15) is 11.4 Å². The van der Waals surface area contributed by atoms with E-state index in [9.17, 15) is 23.2 Å². The van der Waals surface area contributed by atoms with Crippen LogP contribution in [0.25, 0.3) is 16.6 Å². The highest BCUT2D eigenvalue weighted by Gasteiger charge is 2.17. The highest BCUT2D eigenvalue weighted by atomic mass is 19.1. The number of anilines is 3. The van der Waals surface area contributed by atoms with Gasteiger partial charge in [0, 0.05) is 19.0 Å². The highest BCUT2D eigenvalue weighted by Crippen LogP contribution is 2.20. The van der Waals surface area contributed by atoms with Crippen molar-refractivity contribution >= 4 is 28.5 Å². The van der Waals surface area contributed by atoms with Gasteiger partial charge in [-0.05, 0) is 24.3 Å². The molecule has 0 saturated heterocycles. The first-order valence-electron chi connectivity index (χ1n) is 9.52. The Balaban J connectivity index is 1.79. The quantitative estimate of drug-likeness (QED) is 0.418. The molecule has 0 radical (unpaired) electrons. The molecule has 166 valence electrons. The van der Waals surface area contributed by atoms with Gasteiger partial charge in [0.15, 0.2) is 5.82 Å². The number of nitrogens with one attached hydrogen (secondary N) is 1. The molecular weight excluding hydrogens is 437 g/mol. The second-order valence-electron chi connectivity index (χ2n) is 6.91. The van der Waals surface area contributed by atoms with E-state index in [4.69, 9.17) is 11.5 Å². The molecule has 0 aliphatic rings. The van der Waals surface area contributed by atoms with Crippen molar-refractivity contribution in [2.45, 2.75) is 6.42 Å². The van der Waals surface area contributed by atoms with Crippen LogP contribution in [0, 0.1) is 28.8 Å². The number of aromatic nitrogens is 4. The number of halogens is 3. The van der Waals surface area contributed by atoms with Crippen LogP contribution in [-0.2, 0) is 6.42 Å². The Morgan fingerprint density at radius 2 is 1.79 bits per heavy atom. The van der Waals surface area contributed by atoms with Gasteiger partial charge in [0.25, 0.3) is 5.56 Å². The van der Waals surface area contributed by atoms with E-state index in [0.717, 1.165) is 22.8 Å². The first kappa shape index (κ1) is 21.6. The zero-order chi connectivity index (χ0) is 23.7. The molecule has 2 aromatic heterocycles. The lowest BCUT2D eigenvalue weighted by Crippen LogP contribution is -2.26. The number of rotatable bonds is 5. The Morgan fingerprint density at radius 1 is 1.06 bits per heavy atom. The SMILES string of the molecule is N#Cc1c(N)nc(N)nc1NCCc1nc2c(F)cccc2c(=O)n1-c1cc(F)cc(F)c1. The van der Waals surface area contributed by atoms with Gasteiger partial charge in [0.1, 0.15) is 46.2 Å². The smallest absolute Gasteiger partial charge is 0.266 e. The predicted molar refractivity (Wildman–Crippen MR) is 115 cm³/mol. The summed E-state index contributed by atoms with van der Waals surface area (Å²) in [5.41, 5.74) is 10.2. The molecule has 4 aromatic rings. The molecule has 0 amide bonds. The lowest BCUT2D eigenvalue weighted by atomic mass is 10.2. The van der Waals surface area contributed by atoms with Crippen molar-refractivity contribution in [2.75, 3.05) is 23.3 Å². The zero-order valence-corrected chi connectivity index (χ0v) is 16.8. The van der Waals surface area contributed by atoms with Crippen LogP contribution in [0.15, 0.2) is 41.2 Å². The molecule has 0 spiro atoms. The topological polar surface area (TPSA) is 149 Å². The summed E-state index contributed by atoms with van der Waals surface area (Å²) in [6.07, 6.45) is -0.0215. The summed E-state index contributed by atoms with van der Waals surface area (Å²) in [6.45, 7) is 0.0365. The first-order valence-corrected chi connectivity index (χ1v) is 9.52. The maximum atomic E-state index is 14.4. The molecule has 4 rings (SSSR count). The maximum Gasteiger partial charge on any atom is 0.266 e. The van der Waals surface area contributed by atoms with Crippen molar-refractivity contribution in [3.05, 3.63) is 75.6 Å². The number of nitrogen functional groups attached to an aromatic ring is 2. The number of hydrogen-bond donors (Lipinski definition) is 3.